The van der Waals surface area contributed by atoms with Crippen LogP contribution in [0, 0.1) is 5.92 Å². The van der Waals surface area contributed by atoms with Crippen LogP contribution in [0.2, 0.25) is 0 Å². The third-order valence-electron chi connectivity index (χ3n) is 3.46. The second-order valence-electron chi connectivity index (χ2n) is 4.75. The van der Waals surface area contributed by atoms with Gasteiger partial charge in [-0.25, -0.2) is 0 Å². The fourth-order valence-electron chi connectivity index (χ4n) is 2.43. The molecule has 14 heavy (non-hydrogen) atoms. The first-order valence-corrected chi connectivity index (χ1v) is 6.22. The summed E-state index contributed by atoms with van der Waals surface area (Å²) in [5.74, 6) is 0.917. The Morgan fingerprint density at radius 1 is 1.36 bits per heavy atom. The standard InChI is InChI=1S/C12H26N2/c1-3-5-12(10-13)14-8-4-6-11(2)7-9-14/h11-12H,3-10,13H2,1-2H3. The van der Waals surface area contributed by atoms with E-state index in [-0.39, 0.29) is 0 Å². The Balaban J connectivity index is 2.40. The number of nitrogens with two attached hydrogens (primary N) is 1. The molecule has 84 valence electrons. The Morgan fingerprint density at radius 2 is 2.14 bits per heavy atom. The molecule has 1 saturated heterocycles. The number of rotatable bonds is 4. The summed E-state index contributed by atoms with van der Waals surface area (Å²) in [6, 6.07) is 0.644. The highest BCUT2D eigenvalue weighted by Gasteiger charge is 2.19. The Morgan fingerprint density at radius 3 is 2.79 bits per heavy atom. The average molecular weight is 198 g/mol. The summed E-state index contributed by atoms with van der Waals surface area (Å²) in [6.45, 7) is 8.00. The van der Waals surface area contributed by atoms with Gasteiger partial charge in [0.2, 0.25) is 0 Å². The molecule has 0 amide bonds. The van der Waals surface area contributed by atoms with E-state index in [1.807, 2.05) is 0 Å². The molecule has 0 bridgehead atoms. The van der Waals surface area contributed by atoms with Gasteiger partial charge in [0.1, 0.15) is 0 Å². The van der Waals surface area contributed by atoms with Crippen LogP contribution in [-0.2, 0) is 0 Å². The number of likely N-dealkylation sites (tertiary alicyclic amines) is 1. The van der Waals surface area contributed by atoms with Gasteiger partial charge in [0.15, 0.2) is 0 Å². The molecule has 1 fully saturated rings. The van der Waals surface area contributed by atoms with E-state index in [1.165, 1.54) is 45.2 Å². The van der Waals surface area contributed by atoms with Crippen LogP contribution >= 0.6 is 0 Å². The molecule has 1 aliphatic rings. The predicted molar refractivity (Wildman–Crippen MR) is 62.3 cm³/mol. The Hall–Kier alpha value is -0.0800. The minimum absolute atomic E-state index is 0.644. The summed E-state index contributed by atoms with van der Waals surface area (Å²) in [7, 11) is 0. The quantitative estimate of drug-likeness (QED) is 0.750. The van der Waals surface area contributed by atoms with Gasteiger partial charge in [-0.15, -0.1) is 0 Å². The Bertz CT molecular complexity index is 147. The topological polar surface area (TPSA) is 29.3 Å². The molecular weight excluding hydrogens is 172 g/mol. The van der Waals surface area contributed by atoms with E-state index in [4.69, 9.17) is 5.73 Å². The summed E-state index contributed by atoms with van der Waals surface area (Å²) < 4.78 is 0. The number of hydrogen-bond acceptors (Lipinski definition) is 2. The first-order valence-electron chi connectivity index (χ1n) is 6.22. The molecule has 0 spiro atoms. The van der Waals surface area contributed by atoms with Gasteiger partial charge < -0.3 is 5.73 Å². The van der Waals surface area contributed by atoms with E-state index < -0.39 is 0 Å². The molecule has 1 aliphatic heterocycles. The first kappa shape index (κ1) is 12.0. The van der Waals surface area contributed by atoms with Gasteiger partial charge in [0.25, 0.3) is 0 Å². The van der Waals surface area contributed by atoms with Crippen LogP contribution in [0.15, 0.2) is 0 Å². The molecule has 0 aromatic rings. The third kappa shape index (κ3) is 3.58. The van der Waals surface area contributed by atoms with Gasteiger partial charge in [0, 0.05) is 12.6 Å². The maximum Gasteiger partial charge on any atom is 0.0218 e. The van der Waals surface area contributed by atoms with Crippen molar-refractivity contribution >= 4 is 0 Å². The molecule has 1 heterocycles. The monoisotopic (exact) mass is 198 g/mol. The number of nitrogens with zero attached hydrogens (tertiary/aromatic N) is 1. The Kier molecular flexibility index (Phi) is 5.49. The third-order valence-corrected chi connectivity index (χ3v) is 3.46. The first-order chi connectivity index (χ1) is 6.77. The summed E-state index contributed by atoms with van der Waals surface area (Å²) in [5, 5.41) is 0. The summed E-state index contributed by atoms with van der Waals surface area (Å²) >= 11 is 0. The highest BCUT2D eigenvalue weighted by Crippen LogP contribution is 2.19. The minimum atomic E-state index is 0.644. The van der Waals surface area contributed by atoms with Crippen LogP contribution in [0.3, 0.4) is 0 Å². The van der Waals surface area contributed by atoms with E-state index in [0.29, 0.717) is 6.04 Å². The smallest absolute Gasteiger partial charge is 0.0218 e. The van der Waals surface area contributed by atoms with E-state index in [1.54, 1.807) is 0 Å². The zero-order valence-corrected chi connectivity index (χ0v) is 9.84. The molecule has 2 heteroatoms. The average Bonchev–Trinajstić information content (AvgIpc) is 2.40. The van der Waals surface area contributed by atoms with Gasteiger partial charge in [-0.05, 0) is 44.7 Å². The molecule has 0 aliphatic carbocycles. The van der Waals surface area contributed by atoms with E-state index in [9.17, 15) is 0 Å². The van der Waals surface area contributed by atoms with Crippen LogP contribution in [0.4, 0.5) is 0 Å². The van der Waals surface area contributed by atoms with Crippen molar-refractivity contribution in [1.29, 1.82) is 0 Å². The van der Waals surface area contributed by atoms with Crippen LogP contribution in [0.1, 0.15) is 46.0 Å². The lowest BCUT2D eigenvalue weighted by Crippen LogP contribution is -2.41. The molecular formula is C12H26N2. The van der Waals surface area contributed by atoms with Crippen molar-refractivity contribution in [2.75, 3.05) is 19.6 Å². The van der Waals surface area contributed by atoms with Gasteiger partial charge in [-0.1, -0.05) is 20.3 Å². The molecule has 1 rings (SSSR count). The largest absolute Gasteiger partial charge is 0.329 e. The molecule has 0 saturated carbocycles. The van der Waals surface area contributed by atoms with Crippen LogP contribution in [0.25, 0.3) is 0 Å². The molecule has 2 unspecified atom stereocenters. The fraction of sp³-hybridized carbons (Fsp3) is 1.00. The van der Waals surface area contributed by atoms with Crippen molar-refractivity contribution in [3.63, 3.8) is 0 Å². The van der Waals surface area contributed by atoms with Crippen molar-refractivity contribution in [3.05, 3.63) is 0 Å². The highest BCUT2D eigenvalue weighted by atomic mass is 15.2. The van der Waals surface area contributed by atoms with Gasteiger partial charge in [-0.2, -0.15) is 0 Å². The Labute approximate surface area is 88.8 Å². The van der Waals surface area contributed by atoms with E-state index in [0.717, 1.165) is 12.5 Å². The molecule has 0 aromatic heterocycles. The number of hydrogen-bond donors (Lipinski definition) is 1. The van der Waals surface area contributed by atoms with Crippen LogP contribution in [-0.4, -0.2) is 30.6 Å². The van der Waals surface area contributed by atoms with Crippen molar-refractivity contribution in [3.8, 4) is 0 Å². The van der Waals surface area contributed by atoms with Crippen molar-refractivity contribution < 1.29 is 0 Å². The zero-order valence-electron chi connectivity index (χ0n) is 9.84. The molecule has 0 aromatic carbocycles. The van der Waals surface area contributed by atoms with E-state index >= 15 is 0 Å². The van der Waals surface area contributed by atoms with Crippen LogP contribution in [0.5, 0.6) is 0 Å². The second kappa shape index (κ2) is 6.41. The molecule has 2 nitrogen and oxygen atoms in total. The zero-order chi connectivity index (χ0) is 10.4. The van der Waals surface area contributed by atoms with E-state index in [2.05, 4.69) is 18.7 Å². The normalized spacial score (nSPS) is 27.2. The fourth-order valence-corrected chi connectivity index (χ4v) is 2.43. The maximum atomic E-state index is 5.83. The lowest BCUT2D eigenvalue weighted by Gasteiger charge is -2.29. The van der Waals surface area contributed by atoms with Crippen LogP contribution < -0.4 is 5.73 Å². The van der Waals surface area contributed by atoms with Crippen molar-refractivity contribution in [1.82, 2.24) is 4.90 Å². The summed E-state index contributed by atoms with van der Waals surface area (Å²) in [4.78, 5) is 2.62. The summed E-state index contributed by atoms with van der Waals surface area (Å²) in [5.41, 5.74) is 5.83. The highest BCUT2D eigenvalue weighted by molar-refractivity contribution is 4.75. The van der Waals surface area contributed by atoms with Crippen molar-refractivity contribution in [2.45, 2.75) is 52.0 Å². The van der Waals surface area contributed by atoms with Crippen molar-refractivity contribution in [2.24, 2.45) is 11.7 Å². The van der Waals surface area contributed by atoms with Gasteiger partial charge >= 0.3 is 0 Å². The van der Waals surface area contributed by atoms with Gasteiger partial charge in [0.05, 0.1) is 0 Å². The molecule has 0 radical (unpaired) electrons. The second-order valence-corrected chi connectivity index (χ2v) is 4.75. The van der Waals surface area contributed by atoms with Gasteiger partial charge in [-0.3, -0.25) is 4.90 Å². The SMILES string of the molecule is CCCC(CN)N1CCCC(C)CC1. The summed E-state index contributed by atoms with van der Waals surface area (Å²) in [6.07, 6.45) is 6.65. The maximum absolute atomic E-state index is 5.83. The minimum Gasteiger partial charge on any atom is -0.329 e. The molecule has 2 N–H and O–H groups in total. The predicted octanol–water partition coefficient (Wildman–Crippen LogP) is 2.24. The lowest BCUT2D eigenvalue weighted by atomic mass is 10.0. The molecule has 2 atom stereocenters. The lowest BCUT2D eigenvalue weighted by molar-refractivity contribution is 0.195.